The normalized spacial score (nSPS) is 16.0. The highest BCUT2D eigenvalue weighted by Crippen LogP contribution is 2.32. The van der Waals surface area contributed by atoms with Crippen molar-refractivity contribution in [2.75, 3.05) is 5.32 Å². The number of nitrogens with zero attached hydrogens (tertiary/aromatic N) is 3. The van der Waals surface area contributed by atoms with Gasteiger partial charge in [0.1, 0.15) is 5.82 Å². The van der Waals surface area contributed by atoms with Crippen molar-refractivity contribution in [3.63, 3.8) is 0 Å². The zero-order valence-electron chi connectivity index (χ0n) is 16.9. The second-order valence-corrected chi connectivity index (χ2v) is 8.19. The Hall–Kier alpha value is -3.22. The molecule has 1 fully saturated rings. The van der Waals surface area contributed by atoms with E-state index in [2.05, 4.69) is 25.4 Å². The Morgan fingerprint density at radius 1 is 1.03 bits per heavy atom. The Kier molecular flexibility index (Phi) is 4.94. The van der Waals surface area contributed by atoms with Crippen molar-refractivity contribution >= 4 is 28.3 Å². The van der Waals surface area contributed by atoms with Crippen LogP contribution in [0.3, 0.4) is 0 Å². The Labute approximate surface area is 174 Å². The smallest absolute Gasteiger partial charge is 0.253 e. The molecule has 30 heavy (non-hydrogen) atoms. The van der Waals surface area contributed by atoms with Crippen LogP contribution in [-0.4, -0.2) is 26.6 Å². The van der Waals surface area contributed by atoms with E-state index >= 15 is 0 Å². The average Bonchev–Trinajstić information content (AvgIpc) is 3.57. The van der Waals surface area contributed by atoms with Gasteiger partial charge >= 0.3 is 0 Å². The van der Waals surface area contributed by atoms with Crippen molar-refractivity contribution in [2.24, 2.45) is 5.92 Å². The van der Waals surface area contributed by atoms with E-state index in [1.54, 1.807) is 0 Å². The molecule has 0 radical (unpaired) electrons. The molecule has 2 heterocycles. The third-order valence-electron chi connectivity index (χ3n) is 5.93. The number of aryl methyl sites for hydroxylation is 1. The van der Waals surface area contributed by atoms with Gasteiger partial charge in [0.15, 0.2) is 5.82 Å². The first-order chi connectivity index (χ1) is 14.7. The first-order valence-electron chi connectivity index (χ1n) is 10.7. The van der Waals surface area contributed by atoms with Crippen molar-refractivity contribution < 1.29 is 9.59 Å². The lowest BCUT2D eigenvalue weighted by Gasteiger charge is -2.13. The van der Waals surface area contributed by atoms with Gasteiger partial charge in [0.25, 0.3) is 5.91 Å². The van der Waals surface area contributed by atoms with E-state index in [0.29, 0.717) is 17.8 Å². The van der Waals surface area contributed by atoms with Crippen molar-refractivity contribution in [2.45, 2.75) is 51.6 Å². The summed E-state index contributed by atoms with van der Waals surface area (Å²) in [5, 5.41) is 16.5. The number of anilines is 1. The number of hydrogen-bond acceptors (Lipinski definition) is 4. The summed E-state index contributed by atoms with van der Waals surface area (Å²) in [6.45, 7) is 1.21. The van der Waals surface area contributed by atoms with E-state index in [9.17, 15) is 9.59 Å². The molecule has 7 nitrogen and oxygen atoms in total. The Balaban J connectivity index is 1.39. The SMILES string of the molecule is O=C(NCc1nnc2n1CCCCC2)c1cc2ccccc2cc1NC(=O)C1CC1. The molecular formula is C23H25N5O2. The van der Waals surface area contributed by atoms with E-state index in [0.717, 1.165) is 61.1 Å². The number of carbonyl (C=O) groups excluding carboxylic acids is 2. The molecule has 1 aliphatic carbocycles. The molecule has 0 unspecified atom stereocenters. The van der Waals surface area contributed by atoms with Gasteiger partial charge in [-0.05, 0) is 48.6 Å². The highest BCUT2D eigenvalue weighted by Gasteiger charge is 2.30. The first kappa shape index (κ1) is 18.8. The Morgan fingerprint density at radius 2 is 1.83 bits per heavy atom. The number of nitrogens with one attached hydrogen (secondary N) is 2. The largest absolute Gasteiger partial charge is 0.345 e. The lowest BCUT2D eigenvalue weighted by molar-refractivity contribution is -0.117. The van der Waals surface area contributed by atoms with Crippen molar-refractivity contribution in [3.8, 4) is 0 Å². The van der Waals surface area contributed by atoms with Gasteiger partial charge in [-0.15, -0.1) is 10.2 Å². The van der Waals surface area contributed by atoms with E-state index in [1.165, 1.54) is 6.42 Å². The maximum atomic E-state index is 13.1. The van der Waals surface area contributed by atoms with Crippen LogP contribution in [0.25, 0.3) is 10.8 Å². The summed E-state index contributed by atoms with van der Waals surface area (Å²) in [6.07, 6.45) is 6.19. The zero-order valence-corrected chi connectivity index (χ0v) is 16.9. The van der Waals surface area contributed by atoms with Gasteiger partial charge in [-0.2, -0.15) is 0 Å². The standard InChI is InChI=1S/C23H25N5O2/c29-22(15-9-10-15)25-19-13-17-7-4-3-6-16(17)12-18(19)23(30)24-14-21-27-26-20-8-2-1-5-11-28(20)21/h3-4,6-7,12-13,15H,1-2,5,8-11,14H2,(H,24,30)(H,25,29). The number of rotatable bonds is 5. The van der Waals surface area contributed by atoms with Crippen LogP contribution in [0, 0.1) is 5.92 Å². The summed E-state index contributed by atoms with van der Waals surface area (Å²) in [4.78, 5) is 25.4. The van der Waals surface area contributed by atoms with Crippen molar-refractivity contribution in [1.29, 1.82) is 0 Å². The van der Waals surface area contributed by atoms with Crippen LogP contribution >= 0.6 is 0 Å². The van der Waals surface area contributed by atoms with Crippen LogP contribution in [-0.2, 0) is 24.3 Å². The molecule has 1 aromatic heterocycles. The van der Waals surface area contributed by atoms with Gasteiger partial charge < -0.3 is 15.2 Å². The Morgan fingerprint density at radius 3 is 2.63 bits per heavy atom. The van der Waals surface area contributed by atoms with E-state index in [1.807, 2.05) is 36.4 Å². The number of carbonyl (C=O) groups is 2. The number of amides is 2. The quantitative estimate of drug-likeness (QED) is 0.683. The van der Waals surface area contributed by atoms with Crippen molar-refractivity contribution in [3.05, 3.63) is 53.6 Å². The van der Waals surface area contributed by atoms with E-state index < -0.39 is 0 Å². The molecule has 5 rings (SSSR count). The fraction of sp³-hybridized carbons (Fsp3) is 0.391. The van der Waals surface area contributed by atoms with Crippen LogP contribution in [0.5, 0.6) is 0 Å². The maximum Gasteiger partial charge on any atom is 0.253 e. The van der Waals surface area contributed by atoms with Gasteiger partial charge in [-0.25, -0.2) is 0 Å². The van der Waals surface area contributed by atoms with Gasteiger partial charge in [-0.3, -0.25) is 9.59 Å². The maximum absolute atomic E-state index is 13.1. The Bertz CT molecular complexity index is 1120. The number of hydrogen-bond donors (Lipinski definition) is 2. The molecule has 2 N–H and O–H groups in total. The monoisotopic (exact) mass is 403 g/mol. The molecular weight excluding hydrogens is 378 g/mol. The summed E-state index contributed by atoms with van der Waals surface area (Å²) in [5.41, 5.74) is 1.03. The molecule has 0 bridgehead atoms. The molecule has 0 atom stereocenters. The summed E-state index contributed by atoms with van der Waals surface area (Å²) >= 11 is 0. The molecule has 2 aliphatic rings. The first-order valence-corrected chi connectivity index (χ1v) is 10.7. The summed E-state index contributed by atoms with van der Waals surface area (Å²) in [6, 6.07) is 11.6. The van der Waals surface area contributed by atoms with Crippen LogP contribution in [0.15, 0.2) is 36.4 Å². The second-order valence-electron chi connectivity index (χ2n) is 8.19. The van der Waals surface area contributed by atoms with Gasteiger partial charge in [0.2, 0.25) is 5.91 Å². The summed E-state index contributed by atoms with van der Waals surface area (Å²) in [5.74, 6) is 1.61. The molecule has 0 saturated heterocycles. The third-order valence-corrected chi connectivity index (χ3v) is 5.93. The fourth-order valence-electron chi connectivity index (χ4n) is 4.04. The highest BCUT2D eigenvalue weighted by atomic mass is 16.2. The zero-order chi connectivity index (χ0) is 20.5. The minimum Gasteiger partial charge on any atom is -0.345 e. The predicted molar refractivity (Wildman–Crippen MR) is 114 cm³/mol. The third kappa shape index (κ3) is 3.79. The predicted octanol–water partition coefficient (Wildman–Crippen LogP) is 3.44. The minimum absolute atomic E-state index is 0.0119. The lowest BCUT2D eigenvalue weighted by Crippen LogP contribution is -2.26. The van der Waals surface area contributed by atoms with Crippen LogP contribution in [0.2, 0.25) is 0 Å². The van der Waals surface area contributed by atoms with Crippen LogP contribution < -0.4 is 10.6 Å². The van der Waals surface area contributed by atoms with Crippen LogP contribution in [0.1, 0.15) is 54.1 Å². The molecule has 2 aromatic carbocycles. The number of benzene rings is 2. The molecule has 0 spiro atoms. The van der Waals surface area contributed by atoms with Gasteiger partial charge in [0, 0.05) is 18.9 Å². The lowest BCUT2D eigenvalue weighted by atomic mass is 10.0. The highest BCUT2D eigenvalue weighted by molar-refractivity contribution is 6.08. The van der Waals surface area contributed by atoms with E-state index in [4.69, 9.17) is 0 Å². The second kappa shape index (κ2) is 7.89. The molecule has 1 aliphatic heterocycles. The van der Waals surface area contributed by atoms with Crippen molar-refractivity contribution in [1.82, 2.24) is 20.1 Å². The molecule has 154 valence electrons. The topological polar surface area (TPSA) is 88.9 Å². The van der Waals surface area contributed by atoms with Gasteiger partial charge in [-0.1, -0.05) is 30.7 Å². The molecule has 7 heteroatoms. The number of fused-ring (bicyclic) bond motifs is 2. The van der Waals surface area contributed by atoms with Crippen LogP contribution in [0.4, 0.5) is 5.69 Å². The molecule has 3 aromatic rings. The molecule has 2 amide bonds. The fourth-order valence-corrected chi connectivity index (χ4v) is 4.04. The van der Waals surface area contributed by atoms with E-state index in [-0.39, 0.29) is 17.7 Å². The van der Waals surface area contributed by atoms with Gasteiger partial charge in [0.05, 0.1) is 17.8 Å². The molecule has 1 saturated carbocycles. The number of aromatic nitrogens is 3. The average molecular weight is 403 g/mol. The summed E-state index contributed by atoms with van der Waals surface area (Å²) in [7, 11) is 0. The minimum atomic E-state index is -0.224. The summed E-state index contributed by atoms with van der Waals surface area (Å²) < 4.78 is 2.13.